The minimum atomic E-state index is -0.281. The normalized spacial score (nSPS) is 9.40. The van der Waals surface area contributed by atoms with E-state index < -0.39 is 0 Å². The lowest BCUT2D eigenvalue weighted by Crippen LogP contribution is -2.17. The third-order valence-corrected chi connectivity index (χ3v) is 2.14. The first kappa shape index (κ1) is 11.7. The van der Waals surface area contributed by atoms with Gasteiger partial charge in [-0.2, -0.15) is 5.26 Å². The molecule has 1 N–H and O–H groups in total. The van der Waals surface area contributed by atoms with Gasteiger partial charge >= 0.3 is 0 Å². The molecule has 0 aliphatic rings. The van der Waals surface area contributed by atoms with Gasteiger partial charge in [0.05, 0.1) is 11.3 Å². The number of benzene rings is 1. The van der Waals surface area contributed by atoms with E-state index in [4.69, 9.17) is 5.26 Å². The molecule has 0 aliphatic carbocycles. The Morgan fingerprint density at radius 1 is 1.67 bits per heavy atom. The lowest BCUT2D eigenvalue weighted by molar-refractivity contribution is -0.119. The number of carbonyl (C=O) groups excluding carboxylic acids is 1. The van der Waals surface area contributed by atoms with Gasteiger partial charge in [0.15, 0.2) is 0 Å². The van der Waals surface area contributed by atoms with Crippen LogP contribution >= 0.6 is 15.9 Å². The van der Waals surface area contributed by atoms with Gasteiger partial charge < -0.3 is 10.1 Å². The van der Waals surface area contributed by atoms with Crippen molar-refractivity contribution in [1.29, 1.82) is 5.26 Å². The lowest BCUT2D eigenvalue weighted by Gasteiger charge is -2.06. The molecular formula is C10H9BrN2O2. The highest BCUT2D eigenvalue weighted by Crippen LogP contribution is 2.20. The maximum Gasteiger partial charge on any atom is 0.250 e. The number of nitrogens with zero attached hydrogens (tertiary/aromatic N) is 1. The monoisotopic (exact) mass is 268 g/mol. The number of hydrogen-bond acceptors (Lipinski definition) is 3. The number of methoxy groups -OCH3 is 1. The molecule has 1 aromatic carbocycles. The predicted molar refractivity (Wildman–Crippen MR) is 59.4 cm³/mol. The molecule has 0 bridgehead atoms. The lowest BCUT2D eigenvalue weighted by atomic mass is 10.2. The van der Waals surface area contributed by atoms with Crippen molar-refractivity contribution in [3.8, 4) is 6.07 Å². The van der Waals surface area contributed by atoms with E-state index >= 15 is 0 Å². The van der Waals surface area contributed by atoms with Crippen LogP contribution in [0.2, 0.25) is 0 Å². The number of nitriles is 1. The first-order chi connectivity index (χ1) is 7.17. The summed E-state index contributed by atoms with van der Waals surface area (Å²) in [6.07, 6.45) is 0. The van der Waals surface area contributed by atoms with Crippen molar-refractivity contribution in [3.63, 3.8) is 0 Å². The van der Waals surface area contributed by atoms with Gasteiger partial charge in [-0.3, -0.25) is 4.79 Å². The number of nitrogens with one attached hydrogen (secondary N) is 1. The van der Waals surface area contributed by atoms with Gasteiger partial charge in [0, 0.05) is 11.6 Å². The van der Waals surface area contributed by atoms with E-state index in [0.29, 0.717) is 11.3 Å². The highest BCUT2D eigenvalue weighted by Gasteiger charge is 2.06. The van der Waals surface area contributed by atoms with Crippen LogP contribution in [0.4, 0.5) is 5.69 Å². The molecule has 0 radical (unpaired) electrons. The van der Waals surface area contributed by atoms with Crippen LogP contribution in [0.5, 0.6) is 0 Å². The van der Waals surface area contributed by atoms with Gasteiger partial charge in [-0.25, -0.2) is 0 Å². The minimum Gasteiger partial charge on any atom is -0.375 e. The Morgan fingerprint density at radius 2 is 2.40 bits per heavy atom. The third kappa shape index (κ3) is 3.35. The SMILES string of the molecule is COCC(=O)Nc1ccc(Br)cc1C#N. The van der Waals surface area contributed by atoms with Crippen LogP contribution in [-0.2, 0) is 9.53 Å². The fraction of sp³-hybridized carbons (Fsp3) is 0.200. The van der Waals surface area contributed by atoms with E-state index in [9.17, 15) is 4.79 Å². The van der Waals surface area contributed by atoms with E-state index in [1.807, 2.05) is 6.07 Å². The summed E-state index contributed by atoms with van der Waals surface area (Å²) in [7, 11) is 1.44. The summed E-state index contributed by atoms with van der Waals surface area (Å²) in [5.41, 5.74) is 0.900. The number of ether oxygens (including phenoxy) is 1. The number of amides is 1. The average molecular weight is 269 g/mol. The van der Waals surface area contributed by atoms with Crippen molar-refractivity contribution in [3.05, 3.63) is 28.2 Å². The summed E-state index contributed by atoms with van der Waals surface area (Å²) in [6, 6.07) is 7.06. The number of anilines is 1. The zero-order valence-corrected chi connectivity index (χ0v) is 9.67. The van der Waals surface area contributed by atoms with Crippen molar-refractivity contribution >= 4 is 27.5 Å². The molecular weight excluding hydrogens is 260 g/mol. The van der Waals surface area contributed by atoms with Crippen molar-refractivity contribution in [1.82, 2.24) is 0 Å². The van der Waals surface area contributed by atoms with Crippen molar-refractivity contribution in [2.75, 3.05) is 19.0 Å². The first-order valence-corrected chi connectivity index (χ1v) is 4.95. The van der Waals surface area contributed by atoms with Crippen LogP contribution in [0.3, 0.4) is 0 Å². The molecule has 0 heterocycles. The van der Waals surface area contributed by atoms with E-state index in [2.05, 4.69) is 26.0 Å². The standard InChI is InChI=1S/C10H9BrN2O2/c1-15-6-10(14)13-9-3-2-8(11)4-7(9)5-12/h2-4H,6H2,1H3,(H,13,14). The maximum absolute atomic E-state index is 11.2. The predicted octanol–water partition coefficient (Wildman–Crippen LogP) is 1.91. The van der Waals surface area contributed by atoms with Gasteiger partial charge in [0.2, 0.25) is 5.91 Å². The molecule has 1 aromatic rings. The Balaban J connectivity index is 2.86. The van der Waals surface area contributed by atoms with E-state index in [1.54, 1.807) is 18.2 Å². The molecule has 0 aromatic heterocycles. The summed E-state index contributed by atoms with van der Waals surface area (Å²) in [6.45, 7) is -0.0269. The van der Waals surface area contributed by atoms with Gasteiger partial charge in [-0.1, -0.05) is 15.9 Å². The molecule has 1 amide bonds. The van der Waals surface area contributed by atoms with Crippen LogP contribution in [-0.4, -0.2) is 19.6 Å². The average Bonchev–Trinajstić information content (AvgIpc) is 2.21. The van der Waals surface area contributed by atoms with E-state index in [0.717, 1.165) is 4.47 Å². The Morgan fingerprint density at radius 3 is 3.00 bits per heavy atom. The molecule has 0 saturated carbocycles. The Hall–Kier alpha value is -1.38. The molecule has 4 nitrogen and oxygen atoms in total. The number of hydrogen-bond donors (Lipinski definition) is 1. The maximum atomic E-state index is 11.2. The molecule has 0 saturated heterocycles. The van der Waals surface area contributed by atoms with Crippen molar-refractivity contribution < 1.29 is 9.53 Å². The second-order valence-corrected chi connectivity index (χ2v) is 3.70. The highest BCUT2D eigenvalue weighted by molar-refractivity contribution is 9.10. The topological polar surface area (TPSA) is 62.1 Å². The molecule has 0 aliphatic heterocycles. The van der Waals surface area contributed by atoms with Gasteiger partial charge in [0.1, 0.15) is 12.7 Å². The van der Waals surface area contributed by atoms with Crippen LogP contribution in [0, 0.1) is 11.3 Å². The van der Waals surface area contributed by atoms with Gasteiger partial charge in [-0.15, -0.1) is 0 Å². The Kier molecular flexibility index (Phi) is 4.28. The largest absolute Gasteiger partial charge is 0.375 e. The smallest absolute Gasteiger partial charge is 0.250 e. The van der Waals surface area contributed by atoms with E-state index in [-0.39, 0.29) is 12.5 Å². The highest BCUT2D eigenvalue weighted by atomic mass is 79.9. The fourth-order valence-corrected chi connectivity index (χ4v) is 1.40. The van der Waals surface area contributed by atoms with Crippen LogP contribution in [0.1, 0.15) is 5.56 Å². The van der Waals surface area contributed by atoms with Crippen molar-refractivity contribution in [2.24, 2.45) is 0 Å². The molecule has 0 atom stereocenters. The summed E-state index contributed by atoms with van der Waals surface area (Å²) in [5, 5.41) is 11.4. The summed E-state index contributed by atoms with van der Waals surface area (Å²) < 4.78 is 5.46. The molecule has 5 heteroatoms. The zero-order chi connectivity index (χ0) is 11.3. The van der Waals surface area contributed by atoms with Crippen LogP contribution in [0.25, 0.3) is 0 Å². The van der Waals surface area contributed by atoms with Gasteiger partial charge in [-0.05, 0) is 18.2 Å². The van der Waals surface area contributed by atoms with E-state index in [1.165, 1.54) is 7.11 Å². The Labute approximate surface area is 96.0 Å². The second-order valence-electron chi connectivity index (χ2n) is 2.78. The first-order valence-electron chi connectivity index (χ1n) is 4.16. The molecule has 0 spiro atoms. The quantitative estimate of drug-likeness (QED) is 0.911. The fourth-order valence-electron chi connectivity index (χ4n) is 1.04. The number of carbonyl (C=O) groups is 1. The molecule has 0 unspecified atom stereocenters. The number of rotatable bonds is 3. The summed E-state index contributed by atoms with van der Waals surface area (Å²) in [5.74, 6) is -0.281. The summed E-state index contributed by atoms with van der Waals surface area (Å²) >= 11 is 3.25. The van der Waals surface area contributed by atoms with Crippen molar-refractivity contribution in [2.45, 2.75) is 0 Å². The molecule has 1 rings (SSSR count). The Bertz CT molecular complexity index is 412. The number of halogens is 1. The van der Waals surface area contributed by atoms with Gasteiger partial charge in [0.25, 0.3) is 0 Å². The van der Waals surface area contributed by atoms with Crippen LogP contribution < -0.4 is 5.32 Å². The third-order valence-electron chi connectivity index (χ3n) is 1.65. The molecule has 0 fully saturated rings. The zero-order valence-electron chi connectivity index (χ0n) is 8.08. The second kappa shape index (κ2) is 5.49. The van der Waals surface area contributed by atoms with Crippen LogP contribution in [0.15, 0.2) is 22.7 Å². The minimum absolute atomic E-state index is 0.0269. The molecule has 78 valence electrons. The molecule has 15 heavy (non-hydrogen) atoms. The summed E-state index contributed by atoms with van der Waals surface area (Å²) in [4.78, 5) is 11.2.